The van der Waals surface area contributed by atoms with Crippen LogP contribution in [0.4, 0.5) is 0 Å². The Labute approximate surface area is 155 Å². The number of nitrogens with zero attached hydrogens (tertiary/aromatic N) is 3. The summed E-state index contributed by atoms with van der Waals surface area (Å²) in [5.41, 5.74) is 3.78. The number of aryl methyl sites for hydroxylation is 1. The summed E-state index contributed by atoms with van der Waals surface area (Å²) in [6, 6.07) is 15.8. The van der Waals surface area contributed by atoms with Crippen molar-refractivity contribution in [2.45, 2.75) is 12.8 Å². The lowest BCUT2D eigenvalue weighted by Crippen LogP contribution is -1.97. The predicted octanol–water partition coefficient (Wildman–Crippen LogP) is 5.56. The molecule has 0 saturated carbocycles. The molecule has 126 valence electrons. The molecule has 0 N–H and O–H groups in total. The van der Waals surface area contributed by atoms with E-state index < -0.39 is 0 Å². The number of allylic oxidation sites excluding steroid dienone is 1. The van der Waals surface area contributed by atoms with Crippen LogP contribution in [0.15, 0.2) is 59.0 Å². The van der Waals surface area contributed by atoms with E-state index in [1.54, 1.807) is 0 Å². The molecule has 26 heavy (non-hydrogen) atoms. The minimum Gasteiger partial charge on any atom is -0.460 e. The minimum absolute atomic E-state index is 0.177. The van der Waals surface area contributed by atoms with Gasteiger partial charge in [0.1, 0.15) is 11.3 Å². The highest BCUT2D eigenvalue weighted by Crippen LogP contribution is 2.33. The second-order valence-corrected chi connectivity index (χ2v) is 6.55. The Kier molecular flexibility index (Phi) is 3.57. The first-order valence-electron chi connectivity index (χ1n) is 8.47. The summed E-state index contributed by atoms with van der Waals surface area (Å²) in [6.45, 7) is 0. The average Bonchev–Trinajstić information content (AvgIpc) is 3.06. The number of aromatic nitrogens is 3. The summed E-state index contributed by atoms with van der Waals surface area (Å²) in [5.74, 6) is 2.14. The van der Waals surface area contributed by atoms with E-state index in [-0.39, 0.29) is 5.28 Å². The molecule has 0 spiro atoms. The van der Waals surface area contributed by atoms with Gasteiger partial charge < -0.3 is 4.42 Å². The maximum Gasteiger partial charge on any atom is 0.226 e. The molecule has 4 nitrogen and oxygen atoms in total. The topological polar surface area (TPSA) is 51.8 Å². The van der Waals surface area contributed by atoms with Crippen molar-refractivity contribution < 1.29 is 4.42 Å². The predicted molar refractivity (Wildman–Crippen MR) is 103 cm³/mol. The van der Waals surface area contributed by atoms with E-state index in [0.717, 1.165) is 40.7 Å². The smallest absolute Gasteiger partial charge is 0.226 e. The van der Waals surface area contributed by atoms with E-state index in [4.69, 9.17) is 16.0 Å². The summed E-state index contributed by atoms with van der Waals surface area (Å²) in [5, 5.41) is 1.29. The number of hydrogen-bond donors (Lipinski definition) is 0. The molecular weight excluding hydrogens is 346 g/mol. The van der Waals surface area contributed by atoms with Gasteiger partial charge in [0, 0.05) is 28.5 Å². The van der Waals surface area contributed by atoms with Crippen LogP contribution < -0.4 is 0 Å². The van der Waals surface area contributed by atoms with Gasteiger partial charge in [-0.15, -0.1) is 0 Å². The first-order valence-corrected chi connectivity index (χ1v) is 8.85. The summed E-state index contributed by atoms with van der Waals surface area (Å²) >= 11 is 6.16. The molecular formula is C21H14ClN3O. The number of rotatable bonds is 2. The van der Waals surface area contributed by atoms with Crippen molar-refractivity contribution in [3.05, 3.63) is 71.2 Å². The molecule has 5 heteroatoms. The van der Waals surface area contributed by atoms with E-state index in [1.807, 2.05) is 42.5 Å². The molecule has 0 amide bonds. The van der Waals surface area contributed by atoms with Crippen LogP contribution in [0, 0.1) is 0 Å². The molecule has 0 aliphatic heterocycles. The molecule has 0 radical (unpaired) electrons. The lowest BCUT2D eigenvalue weighted by Gasteiger charge is -2.05. The molecule has 1 aliphatic rings. The monoisotopic (exact) mass is 359 g/mol. The van der Waals surface area contributed by atoms with Crippen LogP contribution in [0.5, 0.6) is 0 Å². The Hall–Kier alpha value is -2.98. The van der Waals surface area contributed by atoms with Crippen LogP contribution in [-0.4, -0.2) is 15.0 Å². The second-order valence-electron chi connectivity index (χ2n) is 6.21. The van der Waals surface area contributed by atoms with Crippen LogP contribution in [0.25, 0.3) is 39.8 Å². The lowest BCUT2D eigenvalue weighted by atomic mass is 10.0. The van der Waals surface area contributed by atoms with Gasteiger partial charge in [-0.25, -0.2) is 4.98 Å². The third-order valence-electron chi connectivity index (χ3n) is 4.53. The zero-order valence-corrected chi connectivity index (χ0v) is 14.6. The number of furan rings is 1. The molecule has 4 aromatic rings. The Balaban J connectivity index is 1.64. The van der Waals surface area contributed by atoms with Crippen LogP contribution >= 0.6 is 11.6 Å². The molecule has 2 heterocycles. The molecule has 5 rings (SSSR count). The van der Waals surface area contributed by atoms with Gasteiger partial charge in [-0.2, -0.15) is 9.97 Å². The van der Waals surface area contributed by atoms with Crippen molar-refractivity contribution in [3.63, 3.8) is 0 Å². The van der Waals surface area contributed by atoms with Gasteiger partial charge in [-0.05, 0) is 30.2 Å². The van der Waals surface area contributed by atoms with E-state index in [0.29, 0.717) is 11.6 Å². The van der Waals surface area contributed by atoms with E-state index >= 15 is 0 Å². The van der Waals surface area contributed by atoms with Crippen LogP contribution in [0.1, 0.15) is 17.7 Å². The van der Waals surface area contributed by atoms with Crippen molar-refractivity contribution in [3.8, 4) is 22.8 Å². The highest BCUT2D eigenvalue weighted by atomic mass is 35.5. The summed E-state index contributed by atoms with van der Waals surface area (Å²) in [7, 11) is 0. The molecule has 2 aromatic heterocycles. The maximum atomic E-state index is 6.16. The molecule has 0 atom stereocenters. The van der Waals surface area contributed by atoms with Gasteiger partial charge in [-0.1, -0.05) is 48.6 Å². The van der Waals surface area contributed by atoms with Crippen molar-refractivity contribution >= 4 is 28.6 Å². The van der Waals surface area contributed by atoms with E-state index in [2.05, 4.69) is 33.2 Å². The minimum atomic E-state index is 0.177. The van der Waals surface area contributed by atoms with Crippen molar-refractivity contribution in [1.82, 2.24) is 15.0 Å². The molecule has 1 aliphatic carbocycles. The van der Waals surface area contributed by atoms with Gasteiger partial charge in [0.25, 0.3) is 0 Å². The van der Waals surface area contributed by atoms with Crippen molar-refractivity contribution in [1.29, 1.82) is 0 Å². The second kappa shape index (κ2) is 6.07. The quantitative estimate of drug-likeness (QED) is 0.470. The lowest BCUT2D eigenvalue weighted by molar-refractivity contribution is 0.546. The number of hydrogen-bond acceptors (Lipinski definition) is 4. The Bertz CT molecular complexity index is 1150. The van der Waals surface area contributed by atoms with Gasteiger partial charge in [0.05, 0.1) is 0 Å². The summed E-state index contributed by atoms with van der Waals surface area (Å²) in [6.07, 6.45) is 6.27. The molecule has 0 fully saturated rings. The normalized spacial score (nSPS) is 13.1. The molecule has 2 aromatic carbocycles. The third-order valence-corrected chi connectivity index (χ3v) is 4.70. The number of halogens is 1. The van der Waals surface area contributed by atoms with Gasteiger partial charge in [0.2, 0.25) is 5.28 Å². The SMILES string of the molecule is Clc1nc(-c2ccccc2)nc(-c2ccc3c4c(oc3c2)CCC=C4)n1. The van der Waals surface area contributed by atoms with Crippen LogP contribution in [-0.2, 0) is 6.42 Å². The molecule has 0 unspecified atom stereocenters. The standard InChI is InChI=1S/C21H14ClN3O/c22-21-24-19(13-6-2-1-3-7-13)23-20(25-21)14-10-11-16-15-8-4-5-9-17(15)26-18(16)12-14/h1-4,6-8,10-12H,5,9H2. The Morgan fingerprint density at radius 1 is 0.885 bits per heavy atom. The first kappa shape index (κ1) is 15.3. The van der Waals surface area contributed by atoms with Gasteiger partial charge >= 0.3 is 0 Å². The largest absolute Gasteiger partial charge is 0.460 e. The number of benzene rings is 2. The molecule has 0 saturated heterocycles. The Morgan fingerprint density at radius 3 is 2.54 bits per heavy atom. The maximum absolute atomic E-state index is 6.16. The van der Waals surface area contributed by atoms with Gasteiger partial charge in [-0.3, -0.25) is 0 Å². The average molecular weight is 360 g/mol. The highest BCUT2D eigenvalue weighted by molar-refractivity contribution is 6.28. The Morgan fingerprint density at radius 2 is 1.69 bits per heavy atom. The highest BCUT2D eigenvalue weighted by Gasteiger charge is 2.16. The fourth-order valence-corrected chi connectivity index (χ4v) is 3.45. The summed E-state index contributed by atoms with van der Waals surface area (Å²) in [4.78, 5) is 13.2. The van der Waals surface area contributed by atoms with Crippen molar-refractivity contribution in [2.75, 3.05) is 0 Å². The van der Waals surface area contributed by atoms with Crippen LogP contribution in [0.3, 0.4) is 0 Å². The number of fused-ring (bicyclic) bond motifs is 3. The van der Waals surface area contributed by atoms with Gasteiger partial charge in [0.15, 0.2) is 11.6 Å². The molecule has 0 bridgehead atoms. The van der Waals surface area contributed by atoms with E-state index in [1.165, 1.54) is 5.56 Å². The summed E-state index contributed by atoms with van der Waals surface area (Å²) < 4.78 is 6.04. The first-order chi connectivity index (χ1) is 12.8. The fraction of sp³-hybridized carbons (Fsp3) is 0.0952. The third kappa shape index (κ3) is 2.59. The van der Waals surface area contributed by atoms with E-state index in [9.17, 15) is 0 Å². The van der Waals surface area contributed by atoms with Crippen molar-refractivity contribution in [2.24, 2.45) is 0 Å². The van der Waals surface area contributed by atoms with Crippen LogP contribution in [0.2, 0.25) is 5.28 Å². The zero-order chi connectivity index (χ0) is 17.5. The zero-order valence-electron chi connectivity index (χ0n) is 13.8. The fourth-order valence-electron chi connectivity index (χ4n) is 3.29.